The average molecular weight is 622 g/mol. The summed E-state index contributed by atoms with van der Waals surface area (Å²) in [5.74, 6) is 12.9. The van der Waals surface area contributed by atoms with E-state index in [-0.39, 0.29) is 0 Å². The van der Waals surface area contributed by atoms with E-state index in [0.717, 1.165) is 11.1 Å². The number of aromatic nitrogens is 3. The molecule has 7 heteroatoms. The van der Waals surface area contributed by atoms with Gasteiger partial charge in [-0.3, -0.25) is 0 Å². The fourth-order valence-corrected chi connectivity index (χ4v) is 6.28. The predicted octanol–water partition coefficient (Wildman–Crippen LogP) is 7.81. The van der Waals surface area contributed by atoms with Crippen LogP contribution in [0.15, 0.2) is 158 Å². The molecule has 0 aliphatic carbocycles. The van der Waals surface area contributed by atoms with Gasteiger partial charge in [-0.1, -0.05) is 96.8 Å². The average Bonchev–Trinajstić information content (AvgIpc) is 3.80. The Labute approximate surface area is 277 Å². The molecule has 226 valence electrons. The molecule has 4 aromatic carbocycles. The highest BCUT2D eigenvalue weighted by Gasteiger charge is 2.55. The summed E-state index contributed by atoms with van der Waals surface area (Å²) in [6.07, 6.45) is 4.93. The van der Waals surface area contributed by atoms with E-state index >= 15 is 8.63 Å². The van der Waals surface area contributed by atoms with Crippen molar-refractivity contribution in [1.82, 2.24) is 14.4 Å². The summed E-state index contributed by atoms with van der Waals surface area (Å²) in [4.78, 5) is 9.24. The van der Waals surface area contributed by atoms with Crippen molar-refractivity contribution < 1.29 is 13.1 Å². The van der Waals surface area contributed by atoms with Gasteiger partial charge in [-0.15, -0.1) is 0 Å². The lowest BCUT2D eigenvalue weighted by atomic mass is 9.84. The minimum atomic E-state index is -4.36. The van der Waals surface area contributed by atoms with E-state index in [1.54, 1.807) is 24.3 Å². The first kappa shape index (κ1) is 28.9. The lowest BCUT2D eigenvalue weighted by molar-refractivity contribution is -0.360. The molecule has 4 nitrogen and oxygen atoms in total. The van der Waals surface area contributed by atoms with Gasteiger partial charge >= 0.3 is 6.97 Å². The van der Waals surface area contributed by atoms with Crippen molar-refractivity contribution in [3.05, 3.63) is 197 Å². The van der Waals surface area contributed by atoms with Gasteiger partial charge in [0.1, 0.15) is 17.7 Å². The number of nitrogens with zero attached hydrogens (tertiary/aromatic N) is 4. The zero-order valence-electron chi connectivity index (χ0n) is 25.6. The Morgan fingerprint density at radius 1 is 0.542 bits per heavy atom. The van der Waals surface area contributed by atoms with Crippen LogP contribution < -0.4 is 0 Å². The molecule has 6 aromatic rings. The molecule has 0 unspecified atom stereocenters. The zero-order valence-corrected chi connectivity index (χ0v) is 25.6. The van der Waals surface area contributed by atoms with Crippen LogP contribution in [0.3, 0.4) is 0 Å². The SMILES string of the molecule is F[B-]1(F)n2c(ccc2-c2ccccc2)C(c2c(C#Cc3ccccc3)ncnc2C#Cc2ccccc2)=C2C=CC(c3ccccc3)=[N+]21. The van der Waals surface area contributed by atoms with Gasteiger partial charge in [0.15, 0.2) is 11.4 Å². The van der Waals surface area contributed by atoms with Gasteiger partial charge in [-0.05, 0) is 65.9 Å². The molecule has 0 radical (unpaired) electrons. The minimum Gasteiger partial charge on any atom is -0.389 e. The van der Waals surface area contributed by atoms with Gasteiger partial charge in [-0.2, -0.15) is 0 Å². The second kappa shape index (κ2) is 12.0. The molecule has 0 bridgehead atoms. The van der Waals surface area contributed by atoms with Gasteiger partial charge in [-0.25, -0.2) is 9.97 Å². The molecule has 0 saturated heterocycles. The number of benzene rings is 4. The Kier molecular flexibility index (Phi) is 7.21. The van der Waals surface area contributed by atoms with Crippen LogP contribution in [-0.2, 0) is 0 Å². The molecule has 2 aliphatic rings. The second-order valence-electron chi connectivity index (χ2n) is 11.3. The molecular weight excluding hydrogens is 597 g/mol. The Bertz CT molecular complexity index is 2330. The molecule has 2 aliphatic heterocycles. The highest BCUT2D eigenvalue weighted by Crippen LogP contribution is 2.44. The standard InChI is InChI=1S/C41H25BF2N4/c43-42(44)47-36(32-17-9-3-10-18-32)25-27-38(47)41(39-28-26-37(48(39)42)33-19-11-4-12-20-33)40-34(23-21-30-13-5-1-6-14-30)45-29-46-35(40)24-22-31-15-7-2-8-16-31/h1-20,25-29H. The molecule has 0 atom stereocenters. The van der Waals surface area contributed by atoms with E-state index in [1.807, 2.05) is 121 Å². The van der Waals surface area contributed by atoms with Gasteiger partial charge in [0.25, 0.3) is 0 Å². The number of fused-ring (bicyclic) bond motifs is 2. The molecule has 0 amide bonds. The largest absolute Gasteiger partial charge is 0.737 e. The third-order valence-corrected chi connectivity index (χ3v) is 8.40. The number of hydrogen-bond donors (Lipinski definition) is 0. The van der Waals surface area contributed by atoms with Crippen LogP contribution in [0.1, 0.15) is 39.3 Å². The van der Waals surface area contributed by atoms with Crippen molar-refractivity contribution in [2.75, 3.05) is 0 Å². The number of rotatable bonds is 3. The van der Waals surface area contributed by atoms with E-state index < -0.39 is 6.97 Å². The maximum absolute atomic E-state index is 17.3. The molecule has 0 N–H and O–H groups in total. The van der Waals surface area contributed by atoms with Crippen LogP contribution >= 0.6 is 0 Å². The Morgan fingerprint density at radius 3 is 1.60 bits per heavy atom. The zero-order chi connectivity index (χ0) is 32.5. The molecule has 0 fully saturated rings. The fourth-order valence-electron chi connectivity index (χ4n) is 6.28. The van der Waals surface area contributed by atoms with Crippen LogP contribution in [0, 0.1) is 23.7 Å². The number of allylic oxidation sites excluding steroid dienone is 2. The van der Waals surface area contributed by atoms with Gasteiger partial charge < -0.3 is 17.6 Å². The first-order valence-electron chi connectivity index (χ1n) is 15.5. The van der Waals surface area contributed by atoms with E-state index in [1.165, 1.54) is 15.3 Å². The first-order valence-corrected chi connectivity index (χ1v) is 15.5. The summed E-state index contributed by atoms with van der Waals surface area (Å²) in [6, 6.07) is 41.2. The normalized spacial score (nSPS) is 14.0. The van der Waals surface area contributed by atoms with Crippen molar-refractivity contribution in [2.24, 2.45) is 0 Å². The van der Waals surface area contributed by atoms with Gasteiger partial charge in [0.05, 0.1) is 11.1 Å². The third-order valence-electron chi connectivity index (χ3n) is 8.40. The highest BCUT2D eigenvalue weighted by molar-refractivity contribution is 6.59. The van der Waals surface area contributed by atoms with Crippen molar-refractivity contribution in [3.63, 3.8) is 0 Å². The molecule has 0 spiro atoms. The summed E-state index contributed by atoms with van der Waals surface area (Å²) < 4.78 is 36.9. The van der Waals surface area contributed by atoms with Crippen molar-refractivity contribution in [3.8, 4) is 34.9 Å². The molecule has 0 saturated carbocycles. The fraction of sp³-hybridized carbons (Fsp3) is 0. The van der Waals surface area contributed by atoms with Gasteiger partial charge in [0, 0.05) is 40.2 Å². The van der Waals surface area contributed by atoms with Crippen molar-refractivity contribution >= 4 is 18.3 Å². The molecular formula is C41H25BF2N4. The lowest BCUT2D eigenvalue weighted by Gasteiger charge is -2.34. The molecule has 2 aromatic heterocycles. The monoisotopic (exact) mass is 622 g/mol. The number of hydrogen-bond acceptors (Lipinski definition) is 2. The topological polar surface area (TPSA) is 33.7 Å². The van der Waals surface area contributed by atoms with Crippen LogP contribution in [0.5, 0.6) is 0 Å². The summed E-state index contributed by atoms with van der Waals surface area (Å²) in [6.45, 7) is -4.36. The maximum Gasteiger partial charge on any atom is 0.737 e. The van der Waals surface area contributed by atoms with E-state index in [4.69, 9.17) is 0 Å². The summed E-state index contributed by atoms with van der Waals surface area (Å²) >= 11 is 0. The Morgan fingerprint density at radius 2 is 1.04 bits per heavy atom. The number of halogens is 2. The first-order chi connectivity index (χ1) is 23.6. The molecule has 4 heterocycles. The van der Waals surface area contributed by atoms with Crippen LogP contribution in [0.25, 0.3) is 16.8 Å². The van der Waals surface area contributed by atoms with Crippen molar-refractivity contribution in [1.29, 1.82) is 0 Å². The quantitative estimate of drug-likeness (QED) is 0.149. The van der Waals surface area contributed by atoms with Crippen LogP contribution in [0.2, 0.25) is 0 Å². The predicted molar refractivity (Wildman–Crippen MR) is 186 cm³/mol. The lowest BCUT2D eigenvalue weighted by Crippen LogP contribution is -2.51. The summed E-state index contributed by atoms with van der Waals surface area (Å²) in [7, 11) is 0. The van der Waals surface area contributed by atoms with E-state index in [2.05, 4.69) is 33.6 Å². The summed E-state index contributed by atoms with van der Waals surface area (Å²) in [5, 5.41) is 0. The third kappa shape index (κ3) is 5.05. The minimum absolute atomic E-state index is 0.337. The molecule has 8 rings (SSSR count). The molecule has 48 heavy (non-hydrogen) atoms. The van der Waals surface area contributed by atoms with E-state index in [0.29, 0.717) is 56.4 Å². The van der Waals surface area contributed by atoms with Gasteiger partial charge in [0.2, 0.25) is 0 Å². The maximum atomic E-state index is 17.3. The van der Waals surface area contributed by atoms with Crippen LogP contribution in [0.4, 0.5) is 8.63 Å². The van der Waals surface area contributed by atoms with E-state index in [9.17, 15) is 0 Å². The Hall–Kier alpha value is -6.57. The van der Waals surface area contributed by atoms with Crippen molar-refractivity contribution in [2.45, 2.75) is 0 Å². The van der Waals surface area contributed by atoms with Crippen LogP contribution in [-0.4, -0.2) is 31.6 Å². The summed E-state index contributed by atoms with van der Waals surface area (Å²) in [5.41, 5.74) is 6.24. The Balaban J connectivity index is 1.46. The second-order valence-corrected chi connectivity index (χ2v) is 11.3. The highest BCUT2D eigenvalue weighted by atomic mass is 19.2. The smallest absolute Gasteiger partial charge is 0.389 e.